The normalized spacial score (nSPS) is 14.1. The Labute approximate surface area is 129 Å². The van der Waals surface area contributed by atoms with Crippen LogP contribution in [-0.2, 0) is 11.2 Å². The summed E-state index contributed by atoms with van der Waals surface area (Å²) in [5, 5.41) is 6.00. The zero-order valence-electron chi connectivity index (χ0n) is 11.6. The van der Waals surface area contributed by atoms with Gasteiger partial charge in [-0.05, 0) is 31.0 Å². The Balaban J connectivity index is 0.00000220. The summed E-state index contributed by atoms with van der Waals surface area (Å²) in [7, 11) is 0. The highest BCUT2D eigenvalue weighted by Crippen LogP contribution is 2.13. The minimum atomic E-state index is -0.872. The lowest BCUT2D eigenvalue weighted by atomic mass is 10.1. The molecule has 0 saturated heterocycles. The fraction of sp³-hybridized carbons (Fsp3) is 0.400. The Kier molecular flexibility index (Phi) is 7.32. The molecule has 0 aromatic heterocycles. The van der Waals surface area contributed by atoms with Gasteiger partial charge in [-0.3, -0.25) is 4.79 Å². The molecule has 6 heteroatoms. The molecule has 116 valence electrons. The highest BCUT2D eigenvalue weighted by molar-refractivity contribution is 5.85. The molecular weight excluding hydrogens is 298 g/mol. The van der Waals surface area contributed by atoms with Crippen molar-refractivity contribution < 1.29 is 13.6 Å². The maximum atomic E-state index is 13.4. The van der Waals surface area contributed by atoms with Gasteiger partial charge in [-0.1, -0.05) is 23.8 Å². The minimum absolute atomic E-state index is 0. The van der Waals surface area contributed by atoms with Gasteiger partial charge in [-0.2, -0.15) is 0 Å². The Hall–Kier alpha value is -1.46. The molecule has 0 fully saturated rings. The lowest BCUT2D eigenvalue weighted by Crippen LogP contribution is -2.29. The van der Waals surface area contributed by atoms with Crippen LogP contribution in [0, 0.1) is 11.6 Å². The minimum Gasteiger partial charge on any atom is -0.352 e. The molecule has 1 aliphatic heterocycles. The van der Waals surface area contributed by atoms with Gasteiger partial charge < -0.3 is 10.6 Å². The Bertz CT molecular complexity index is 520. The van der Waals surface area contributed by atoms with Crippen LogP contribution in [-0.4, -0.2) is 25.5 Å². The topological polar surface area (TPSA) is 41.1 Å². The fourth-order valence-corrected chi connectivity index (χ4v) is 2.12. The number of carbonyl (C=O) groups is 1. The molecule has 0 radical (unpaired) electrons. The molecule has 21 heavy (non-hydrogen) atoms. The standard InChI is InChI=1S/C15H18F2N2O.ClH/c16-13-3-1-2-12(15(13)17)4-5-14(20)19-10-11-6-8-18-9-7-11;/h1-3,6,18H,4-5,7-10H2,(H,19,20);1H. The summed E-state index contributed by atoms with van der Waals surface area (Å²) in [4.78, 5) is 11.7. The van der Waals surface area contributed by atoms with Gasteiger partial charge in [0, 0.05) is 19.5 Å². The van der Waals surface area contributed by atoms with Crippen molar-refractivity contribution in [2.75, 3.05) is 19.6 Å². The van der Waals surface area contributed by atoms with E-state index in [9.17, 15) is 13.6 Å². The predicted octanol–water partition coefficient (Wildman–Crippen LogP) is 2.36. The molecule has 2 rings (SSSR count). The third-order valence-electron chi connectivity index (χ3n) is 3.32. The Morgan fingerprint density at radius 2 is 2.14 bits per heavy atom. The molecule has 1 heterocycles. The first-order valence-electron chi connectivity index (χ1n) is 6.75. The number of hydrogen-bond donors (Lipinski definition) is 2. The summed E-state index contributed by atoms with van der Waals surface area (Å²) in [6.07, 6.45) is 3.36. The van der Waals surface area contributed by atoms with Crippen molar-refractivity contribution in [3.8, 4) is 0 Å². The van der Waals surface area contributed by atoms with E-state index < -0.39 is 11.6 Å². The number of carbonyl (C=O) groups excluding carboxylic acids is 1. The molecule has 1 aliphatic rings. The van der Waals surface area contributed by atoms with E-state index in [2.05, 4.69) is 16.7 Å². The predicted molar refractivity (Wildman–Crippen MR) is 80.5 cm³/mol. The molecule has 0 bridgehead atoms. The summed E-state index contributed by atoms with van der Waals surface area (Å²) < 4.78 is 26.4. The van der Waals surface area contributed by atoms with Gasteiger partial charge in [0.1, 0.15) is 0 Å². The van der Waals surface area contributed by atoms with E-state index in [1.54, 1.807) is 0 Å². The van der Waals surface area contributed by atoms with E-state index >= 15 is 0 Å². The number of halogens is 3. The zero-order chi connectivity index (χ0) is 14.4. The first-order valence-corrected chi connectivity index (χ1v) is 6.75. The quantitative estimate of drug-likeness (QED) is 0.819. The maximum absolute atomic E-state index is 13.4. The number of amides is 1. The highest BCUT2D eigenvalue weighted by atomic mass is 35.5. The van der Waals surface area contributed by atoms with Crippen LogP contribution < -0.4 is 10.6 Å². The fourth-order valence-electron chi connectivity index (χ4n) is 2.12. The number of benzene rings is 1. The number of aryl methyl sites for hydroxylation is 1. The number of rotatable bonds is 5. The highest BCUT2D eigenvalue weighted by Gasteiger charge is 2.10. The molecule has 1 aromatic carbocycles. The Morgan fingerprint density at radius 1 is 1.33 bits per heavy atom. The summed E-state index contributed by atoms with van der Waals surface area (Å²) in [5.41, 5.74) is 1.44. The van der Waals surface area contributed by atoms with E-state index in [-0.39, 0.29) is 36.7 Å². The Morgan fingerprint density at radius 3 is 2.86 bits per heavy atom. The van der Waals surface area contributed by atoms with Crippen LogP contribution in [0.1, 0.15) is 18.4 Å². The van der Waals surface area contributed by atoms with Crippen LogP contribution >= 0.6 is 12.4 Å². The maximum Gasteiger partial charge on any atom is 0.220 e. The molecule has 0 aliphatic carbocycles. The molecule has 1 aromatic rings. The van der Waals surface area contributed by atoms with E-state index in [1.165, 1.54) is 17.7 Å². The van der Waals surface area contributed by atoms with Gasteiger partial charge in [0.2, 0.25) is 5.91 Å². The summed E-state index contributed by atoms with van der Waals surface area (Å²) in [6.45, 7) is 2.29. The van der Waals surface area contributed by atoms with E-state index in [0.717, 1.165) is 25.6 Å². The zero-order valence-corrected chi connectivity index (χ0v) is 12.4. The van der Waals surface area contributed by atoms with E-state index in [4.69, 9.17) is 0 Å². The van der Waals surface area contributed by atoms with Gasteiger partial charge in [-0.15, -0.1) is 12.4 Å². The largest absolute Gasteiger partial charge is 0.352 e. The third kappa shape index (κ3) is 5.44. The smallest absolute Gasteiger partial charge is 0.220 e. The van der Waals surface area contributed by atoms with Gasteiger partial charge in [-0.25, -0.2) is 8.78 Å². The first kappa shape index (κ1) is 17.6. The van der Waals surface area contributed by atoms with Crippen molar-refractivity contribution in [1.82, 2.24) is 10.6 Å². The van der Waals surface area contributed by atoms with Gasteiger partial charge in [0.05, 0.1) is 0 Å². The van der Waals surface area contributed by atoms with Crippen molar-refractivity contribution in [1.29, 1.82) is 0 Å². The summed E-state index contributed by atoms with van der Waals surface area (Å²) in [5.74, 6) is -1.88. The van der Waals surface area contributed by atoms with Crippen molar-refractivity contribution in [2.45, 2.75) is 19.3 Å². The molecule has 1 amide bonds. The molecule has 0 atom stereocenters. The molecule has 0 spiro atoms. The number of hydrogen-bond acceptors (Lipinski definition) is 2. The second kappa shape index (κ2) is 8.74. The second-order valence-electron chi connectivity index (χ2n) is 4.81. The summed E-state index contributed by atoms with van der Waals surface area (Å²) in [6, 6.07) is 4.02. The third-order valence-corrected chi connectivity index (χ3v) is 3.32. The monoisotopic (exact) mass is 316 g/mol. The molecular formula is C15H19ClF2N2O. The summed E-state index contributed by atoms with van der Waals surface area (Å²) >= 11 is 0. The van der Waals surface area contributed by atoms with Gasteiger partial charge >= 0.3 is 0 Å². The van der Waals surface area contributed by atoms with Crippen molar-refractivity contribution in [2.24, 2.45) is 0 Å². The molecule has 3 nitrogen and oxygen atoms in total. The van der Waals surface area contributed by atoms with E-state index in [1.807, 2.05) is 0 Å². The van der Waals surface area contributed by atoms with Crippen LogP contribution in [0.3, 0.4) is 0 Å². The van der Waals surface area contributed by atoms with Crippen molar-refractivity contribution in [3.05, 3.63) is 47.0 Å². The van der Waals surface area contributed by atoms with E-state index in [0.29, 0.717) is 6.54 Å². The SMILES string of the molecule is Cl.O=C(CCc1cccc(F)c1F)NCC1=CCNCC1. The van der Waals surface area contributed by atoms with Crippen LogP contribution in [0.2, 0.25) is 0 Å². The van der Waals surface area contributed by atoms with Crippen molar-refractivity contribution >= 4 is 18.3 Å². The van der Waals surface area contributed by atoms with Gasteiger partial charge in [0.15, 0.2) is 11.6 Å². The van der Waals surface area contributed by atoms with Crippen LogP contribution in [0.25, 0.3) is 0 Å². The lowest BCUT2D eigenvalue weighted by Gasteiger charge is -2.14. The van der Waals surface area contributed by atoms with Crippen molar-refractivity contribution in [3.63, 3.8) is 0 Å². The molecule has 0 saturated carbocycles. The average Bonchev–Trinajstić information content (AvgIpc) is 2.48. The van der Waals surface area contributed by atoms with Gasteiger partial charge in [0.25, 0.3) is 0 Å². The second-order valence-corrected chi connectivity index (χ2v) is 4.81. The van der Waals surface area contributed by atoms with Crippen LogP contribution in [0.5, 0.6) is 0 Å². The van der Waals surface area contributed by atoms with Crippen LogP contribution in [0.4, 0.5) is 8.78 Å². The molecule has 2 N–H and O–H groups in total. The average molecular weight is 317 g/mol. The number of nitrogens with one attached hydrogen (secondary N) is 2. The lowest BCUT2D eigenvalue weighted by molar-refractivity contribution is -0.120. The first-order chi connectivity index (χ1) is 9.66. The van der Waals surface area contributed by atoms with Crippen LogP contribution in [0.15, 0.2) is 29.8 Å². The molecule has 0 unspecified atom stereocenters.